The Hall–Kier alpha value is -0.610. The molecule has 3 aliphatic heterocycles. The van der Waals surface area contributed by atoms with Crippen molar-refractivity contribution in [1.29, 1.82) is 0 Å². The van der Waals surface area contributed by atoms with Crippen molar-refractivity contribution in [3.05, 3.63) is 0 Å². The van der Waals surface area contributed by atoms with E-state index in [0.717, 1.165) is 18.8 Å². The Balaban J connectivity index is 1.22. The van der Waals surface area contributed by atoms with E-state index in [2.05, 4.69) is 41.5 Å². The Morgan fingerprint density at radius 2 is 1.73 bits per heavy atom. The van der Waals surface area contributed by atoms with Crippen LogP contribution in [0.15, 0.2) is 0 Å². The molecule has 0 N–H and O–H groups in total. The van der Waals surface area contributed by atoms with E-state index in [4.69, 9.17) is 14.2 Å². The molecule has 3 saturated heterocycles. The maximum absolute atomic E-state index is 13.1. The number of hydrogen-bond donors (Lipinski definition) is 0. The number of fused-ring (bicyclic) bond motifs is 6. The van der Waals surface area contributed by atoms with Gasteiger partial charge in [0.2, 0.25) is 0 Å². The molecular formula is C29H46O4. The van der Waals surface area contributed by atoms with Crippen molar-refractivity contribution in [2.45, 2.75) is 111 Å². The first-order chi connectivity index (χ1) is 15.7. The summed E-state index contributed by atoms with van der Waals surface area (Å²) >= 11 is 0. The van der Waals surface area contributed by atoms with Crippen LogP contribution < -0.4 is 0 Å². The molecule has 4 nitrogen and oxygen atoms in total. The van der Waals surface area contributed by atoms with Crippen LogP contribution in [-0.4, -0.2) is 37.0 Å². The van der Waals surface area contributed by atoms with Gasteiger partial charge in [0.25, 0.3) is 0 Å². The lowest BCUT2D eigenvalue weighted by atomic mass is 9.49. The average Bonchev–Trinajstić information content (AvgIpc) is 3.67. The molecule has 0 unspecified atom stereocenters. The SMILES string of the molecule is CC[C@@H](C(C)C)[C@@H]1O[C@H]1[C@@H](C)[C@H]1CC[C@H]2[C@@H]3COC(=O)[C@H]4C[C@@H]5O[C@@H]5C[C@]4(C)[C@H]3CC[C@]12C. The number of epoxide rings is 2. The fraction of sp³-hybridized carbons (Fsp3) is 0.966. The first kappa shape index (κ1) is 22.8. The van der Waals surface area contributed by atoms with E-state index in [-0.39, 0.29) is 17.3 Å². The highest BCUT2D eigenvalue weighted by Crippen LogP contribution is 2.67. The summed E-state index contributed by atoms with van der Waals surface area (Å²) in [4.78, 5) is 13.1. The third-order valence-electron chi connectivity index (χ3n) is 12.1. The molecule has 3 heterocycles. The molecule has 0 spiro atoms. The van der Waals surface area contributed by atoms with Gasteiger partial charge in [-0.25, -0.2) is 0 Å². The number of hydrogen-bond acceptors (Lipinski definition) is 4. The van der Waals surface area contributed by atoms with Crippen molar-refractivity contribution in [1.82, 2.24) is 0 Å². The Bertz CT molecular complexity index is 794. The van der Waals surface area contributed by atoms with E-state index >= 15 is 0 Å². The minimum Gasteiger partial charge on any atom is -0.465 e. The number of cyclic esters (lactones) is 1. The van der Waals surface area contributed by atoms with Gasteiger partial charge in [0, 0.05) is 0 Å². The van der Waals surface area contributed by atoms with Crippen molar-refractivity contribution in [3.63, 3.8) is 0 Å². The number of carbonyl (C=O) groups is 1. The highest BCUT2D eigenvalue weighted by molar-refractivity contribution is 5.74. The fourth-order valence-electron chi connectivity index (χ4n) is 10.2. The van der Waals surface area contributed by atoms with Gasteiger partial charge in [0.05, 0.1) is 36.9 Å². The average molecular weight is 459 g/mol. The number of ether oxygens (including phenoxy) is 3. The fourth-order valence-corrected chi connectivity index (χ4v) is 10.2. The molecule has 13 atom stereocenters. The Kier molecular flexibility index (Phi) is 5.32. The van der Waals surface area contributed by atoms with Gasteiger partial charge in [-0.3, -0.25) is 4.79 Å². The third-order valence-corrected chi connectivity index (χ3v) is 12.1. The van der Waals surface area contributed by atoms with Crippen LogP contribution in [0, 0.1) is 58.2 Å². The van der Waals surface area contributed by atoms with Crippen LogP contribution in [0.2, 0.25) is 0 Å². The molecular weight excluding hydrogens is 412 g/mol. The third kappa shape index (κ3) is 3.32. The normalized spacial score (nSPS) is 54.3. The van der Waals surface area contributed by atoms with Gasteiger partial charge in [0.1, 0.15) is 0 Å². The molecule has 0 aromatic carbocycles. The van der Waals surface area contributed by atoms with Crippen LogP contribution in [0.1, 0.15) is 86.5 Å². The summed E-state index contributed by atoms with van der Waals surface area (Å²) in [5.74, 6) is 4.64. The maximum atomic E-state index is 13.1. The molecule has 186 valence electrons. The highest BCUT2D eigenvalue weighted by Gasteiger charge is 2.66. The van der Waals surface area contributed by atoms with Gasteiger partial charge in [0.15, 0.2) is 0 Å². The van der Waals surface area contributed by atoms with Crippen LogP contribution in [-0.2, 0) is 19.0 Å². The number of rotatable bonds is 5. The topological polar surface area (TPSA) is 51.4 Å². The van der Waals surface area contributed by atoms with E-state index in [0.29, 0.717) is 71.9 Å². The van der Waals surface area contributed by atoms with Crippen molar-refractivity contribution >= 4 is 5.97 Å². The van der Waals surface area contributed by atoms with Crippen LogP contribution in [0.25, 0.3) is 0 Å². The molecule has 0 aromatic rings. The second kappa shape index (κ2) is 7.69. The lowest BCUT2D eigenvalue weighted by molar-refractivity contribution is -0.152. The van der Waals surface area contributed by atoms with Crippen LogP contribution in [0.4, 0.5) is 0 Å². The van der Waals surface area contributed by atoms with Gasteiger partial charge in [-0.1, -0.05) is 48.0 Å². The quantitative estimate of drug-likeness (QED) is 0.382. The molecule has 6 fully saturated rings. The minimum absolute atomic E-state index is 0.0411. The van der Waals surface area contributed by atoms with Crippen molar-refractivity contribution in [2.75, 3.05) is 6.61 Å². The largest absolute Gasteiger partial charge is 0.465 e. The van der Waals surface area contributed by atoms with E-state index in [1.54, 1.807) is 0 Å². The predicted octanol–water partition coefficient (Wildman–Crippen LogP) is 5.87. The van der Waals surface area contributed by atoms with Crippen LogP contribution >= 0.6 is 0 Å². The van der Waals surface area contributed by atoms with E-state index in [1.807, 2.05) is 0 Å². The molecule has 3 saturated carbocycles. The van der Waals surface area contributed by atoms with Crippen molar-refractivity contribution < 1.29 is 19.0 Å². The monoisotopic (exact) mass is 458 g/mol. The summed E-state index contributed by atoms with van der Waals surface area (Å²) in [6, 6.07) is 0. The maximum Gasteiger partial charge on any atom is 0.309 e. The zero-order chi connectivity index (χ0) is 23.3. The van der Waals surface area contributed by atoms with Gasteiger partial charge in [-0.2, -0.15) is 0 Å². The van der Waals surface area contributed by atoms with E-state index in [1.165, 1.54) is 32.1 Å². The molecule has 33 heavy (non-hydrogen) atoms. The van der Waals surface area contributed by atoms with E-state index in [9.17, 15) is 4.79 Å². The van der Waals surface area contributed by atoms with Gasteiger partial charge >= 0.3 is 5.97 Å². The van der Waals surface area contributed by atoms with Gasteiger partial charge in [-0.15, -0.1) is 0 Å². The zero-order valence-electron chi connectivity index (χ0n) is 21.7. The van der Waals surface area contributed by atoms with Gasteiger partial charge < -0.3 is 14.2 Å². The Morgan fingerprint density at radius 3 is 2.45 bits per heavy atom. The highest BCUT2D eigenvalue weighted by atomic mass is 16.6. The lowest BCUT2D eigenvalue weighted by Gasteiger charge is -2.54. The smallest absolute Gasteiger partial charge is 0.309 e. The summed E-state index contributed by atoms with van der Waals surface area (Å²) in [5.41, 5.74) is 0.407. The van der Waals surface area contributed by atoms with Crippen LogP contribution in [0.3, 0.4) is 0 Å². The molecule has 6 rings (SSSR count). The molecule has 0 bridgehead atoms. The second-order valence-electron chi connectivity index (χ2n) is 13.7. The Labute approximate surface area is 200 Å². The summed E-state index contributed by atoms with van der Waals surface area (Å²) in [6.07, 6.45) is 9.98. The molecule has 0 amide bonds. The number of esters is 1. The molecule has 3 aliphatic carbocycles. The summed E-state index contributed by atoms with van der Waals surface area (Å²) in [6.45, 7) is 15.2. The summed E-state index contributed by atoms with van der Waals surface area (Å²) < 4.78 is 18.4. The van der Waals surface area contributed by atoms with Crippen molar-refractivity contribution in [3.8, 4) is 0 Å². The minimum atomic E-state index is 0.0411. The molecule has 0 aromatic heterocycles. The van der Waals surface area contributed by atoms with Crippen LogP contribution in [0.5, 0.6) is 0 Å². The first-order valence-electron chi connectivity index (χ1n) is 14.2. The predicted molar refractivity (Wildman–Crippen MR) is 127 cm³/mol. The summed E-state index contributed by atoms with van der Waals surface area (Å²) in [7, 11) is 0. The second-order valence-corrected chi connectivity index (χ2v) is 13.7. The summed E-state index contributed by atoms with van der Waals surface area (Å²) in [5, 5.41) is 0. The van der Waals surface area contributed by atoms with E-state index < -0.39 is 0 Å². The molecule has 4 heteroatoms. The Morgan fingerprint density at radius 1 is 0.970 bits per heavy atom. The number of carbonyl (C=O) groups excluding carboxylic acids is 1. The lowest BCUT2D eigenvalue weighted by Crippen LogP contribution is -2.51. The molecule has 0 radical (unpaired) electrons. The van der Waals surface area contributed by atoms with Gasteiger partial charge in [-0.05, 0) is 90.8 Å². The molecule has 6 aliphatic rings. The first-order valence-corrected chi connectivity index (χ1v) is 14.2. The van der Waals surface area contributed by atoms with Crippen molar-refractivity contribution in [2.24, 2.45) is 58.2 Å². The standard InChI is InChI=1S/C29H46O4/c1-7-17(15(2)3)26-25(33-26)16(4)19-8-9-20-18-14-31-27(30)22-12-23-24(32-23)13-29(22,6)21(18)10-11-28(19,20)5/h15-26H,7-14H2,1-6H3/t16-,17-,18-,19+,20-,21-,22+,23-,24+,25-,26-,28+,29+/m0/s1. The zero-order valence-corrected chi connectivity index (χ0v) is 21.7.